The highest BCUT2D eigenvalue weighted by Crippen LogP contribution is 2.27. The number of aromatic nitrogens is 1. The van der Waals surface area contributed by atoms with Crippen LogP contribution in [0.3, 0.4) is 0 Å². The van der Waals surface area contributed by atoms with Crippen molar-refractivity contribution in [1.82, 2.24) is 4.40 Å². The predicted octanol–water partition coefficient (Wildman–Crippen LogP) is 1.48. The first-order chi connectivity index (χ1) is 9.11. The highest BCUT2D eigenvalue weighted by atomic mass is 16.5. The first-order valence-electron chi connectivity index (χ1n) is 5.75. The van der Waals surface area contributed by atoms with Crippen molar-refractivity contribution in [2.45, 2.75) is 6.92 Å². The van der Waals surface area contributed by atoms with E-state index in [1.807, 2.05) is 0 Å². The summed E-state index contributed by atoms with van der Waals surface area (Å²) in [5, 5.41) is 0. The average Bonchev–Trinajstić information content (AvgIpc) is 2.70. The maximum Gasteiger partial charge on any atom is 0.357 e. The standard InChI is InChI=1S/C13H14N2O4/c1-3-19-12(16)9-8-6-4-5-7-15(8)11(10(9)14)13(17)18-2/h4-7H,3,14H2,1-2H3. The summed E-state index contributed by atoms with van der Waals surface area (Å²) in [4.78, 5) is 23.7. The number of carbonyl (C=O) groups is 2. The highest BCUT2D eigenvalue weighted by Gasteiger charge is 2.26. The molecule has 0 fully saturated rings. The van der Waals surface area contributed by atoms with Crippen molar-refractivity contribution in [2.24, 2.45) is 0 Å². The predicted molar refractivity (Wildman–Crippen MR) is 69.1 cm³/mol. The normalized spacial score (nSPS) is 10.4. The van der Waals surface area contributed by atoms with Crippen LogP contribution in [0.2, 0.25) is 0 Å². The third-order valence-electron chi connectivity index (χ3n) is 2.74. The number of fused-ring (bicyclic) bond motifs is 1. The Labute approximate surface area is 109 Å². The fraction of sp³-hybridized carbons (Fsp3) is 0.231. The van der Waals surface area contributed by atoms with Crippen molar-refractivity contribution in [3.8, 4) is 0 Å². The molecule has 0 aliphatic rings. The molecule has 0 radical (unpaired) electrons. The molecule has 2 N–H and O–H groups in total. The number of nitrogens with zero attached hydrogens (tertiary/aromatic N) is 1. The molecule has 6 heteroatoms. The van der Waals surface area contributed by atoms with Crippen LogP contribution in [0.25, 0.3) is 5.52 Å². The maximum atomic E-state index is 11.9. The smallest absolute Gasteiger partial charge is 0.357 e. The van der Waals surface area contributed by atoms with E-state index in [2.05, 4.69) is 4.74 Å². The van der Waals surface area contributed by atoms with E-state index in [1.54, 1.807) is 31.3 Å². The van der Waals surface area contributed by atoms with Crippen molar-refractivity contribution in [3.63, 3.8) is 0 Å². The molecule has 0 unspecified atom stereocenters. The first kappa shape index (κ1) is 12.9. The number of nitrogen functional groups attached to an aromatic ring is 1. The van der Waals surface area contributed by atoms with Gasteiger partial charge in [0.05, 0.1) is 24.9 Å². The fourth-order valence-electron chi connectivity index (χ4n) is 1.95. The lowest BCUT2D eigenvalue weighted by molar-refractivity contribution is 0.0529. The monoisotopic (exact) mass is 262 g/mol. The molecule has 0 bridgehead atoms. The van der Waals surface area contributed by atoms with Gasteiger partial charge in [-0.1, -0.05) is 6.07 Å². The minimum Gasteiger partial charge on any atom is -0.464 e. The van der Waals surface area contributed by atoms with E-state index in [4.69, 9.17) is 10.5 Å². The molecule has 2 aromatic heterocycles. The summed E-state index contributed by atoms with van der Waals surface area (Å²) in [5.41, 5.74) is 6.79. The molecule has 0 saturated heterocycles. The molecule has 19 heavy (non-hydrogen) atoms. The minimum absolute atomic E-state index is 0.0662. The zero-order chi connectivity index (χ0) is 14.0. The molecular weight excluding hydrogens is 248 g/mol. The van der Waals surface area contributed by atoms with Crippen LogP contribution in [-0.2, 0) is 9.47 Å². The Morgan fingerprint density at radius 1 is 1.32 bits per heavy atom. The molecule has 0 saturated carbocycles. The van der Waals surface area contributed by atoms with E-state index >= 15 is 0 Å². The lowest BCUT2D eigenvalue weighted by atomic mass is 10.2. The zero-order valence-corrected chi connectivity index (χ0v) is 10.7. The van der Waals surface area contributed by atoms with Gasteiger partial charge in [0.25, 0.3) is 0 Å². The van der Waals surface area contributed by atoms with Crippen LogP contribution in [0, 0.1) is 0 Å². The lowest BCUT2D eigenvalue weighted by Crippen LogP contribution is -2.09. The van der Waals surface area contributed by atoms with Crippen molar-refractivity contribution in [3.05, 3.63) is 35.7 Å². The van der Waals surface area contributed by atoms with Gasteiger partial charge in [0.15, 0.2) is 5.69 Å². The Morgan fingerprint density at radius 3 is 2.68 bits per heavy atom. The van der Waals surface area contributed by atoms with Crippen LogP contribution in [0.1, 0.15) is 27.8 Å². The number of carbonyl (C=O) groups excluding carboxylic acids is 2. The van der Waals surface area contributed by atoms with Crippen LogP contribution in [-0.4, -0.2) is 30.1 Å². The molecule has 2 heterocycles. The molecule has 100 valence electrons. The Kier molecular flexibility index (Phi) is 3.41. The van der Waals surface area contributed by atoms with Gasteiger partial charge in [0, 0.05) is 6.20 Å². The van der Waals surface area contributed by atoms with Gasteiger partial charge in [-0.3, -0.25) is 0 Å². The molecular formula is C13H14N2O4. The van der Waals surface area contributed by atoms with Gasteiger partial charge in [-0.15, -0.1) is 0 Å². The quantitative estimate of drug-likeness (QED) is 0.847. The summed E-state index contributed by atoms with van der Waals surface area (Å²) in [6.45, 7) is 1.93. The average molecular weight is 262 g/mol. The van der Waals surface area contributed by atoms with Gasteiger partial charge < -0.3 is 19.6 Å². The van der Waals surface area contributed by atoms with E-state index in [9.17, 15) is 9.59 Å². The number of ether oxygens (including phenoxy) is 2. The number of hydrogen-bond donors (Lipinski definition) is 1. The summed E-state index contributed by atoms with van der Waals surface area (Å²) in [6.07, 6.45) is 1.64. The molecule has 2 rings (SSSR count). The third kappa shape index (κ3) is 2.01. The Morgan fingerprint density at radius 2 is 2.05 bits per heavy atom. The number of pyridine rings is 1. The van der Waals surface area contributed by atoms with Crippen LogP contribution in [0.5, 0.6) is 0 Å². The van der Waals surface area contributed by atoms with E-state index in [-0.39, 0.29) is 23.6 Å². The number of nitrogens with two attached hydrogens (primary N) is 1. The van der Waals surface area contributed by atoms with Crippen molar-refractivity contribution >= 4 is 23.1 Å². The number of anilines is 1. The molecule has 0 aromatic carbocycles. The summed E-state index contributed by atoms with van der Waals surface area (Å²) in [7, 11) is 1.26. The van der Waals surface area contributed by atoms with Crippen molar-refractivity contribution in [2.75, 3.05) is 19.5 Å². The minimum atomic E-state index is -0.603. The Hall–Kier alpha value is -2.50. The van der Waals surface area contributed by atoms with Gasteiger partial charge in [-0.05, 0) is 19.1 Å². The second kappa shape index (κ2) is 5.01. The van der Waals surface area contributed by atoms with E-state index in [1.165, 1.54) is 11.5 Å². The van der Waals surface area contributed by atoms with Crippen LogP contribution in [0.15, 0.2) is 24.4 Å². The molecule has 0 amide bonds. The summed E-state index contributed by atoms with van der Waals surface area (Å²) < 4.78 is 11.2. The highest BCUT2D eigenvalue weighted by molar-refractivity contribution is 6.09. The van der Waals surface area contributed by atoms with Crippen molar-refractivity contribution in [1.29, 1.82) is 0 Å². The summed E-state index contributed by atoms with van der Waals surface area (Å²) >= 11 is 0. The SMILES string of the molecule is CCOC(=O)c1c(N)c(C(=O)OC)n2ccccc12. The van der Waals surface area contributed by atoms with Crippen LogP contribution in [0.4, 0.5) is 5.69 Å². The van der Waals surface area contributed by atoms with E-state index in [0.29, 0.717) is 5.52 Å². The second-order valence-corrected chi connectivity index (χ2v) is 3.81. The number of esters is 2. The first-order valence-corrected chi connectivity index (χ1v) is 5.75. The summed E-state index contributed by atoms with van der Waals surface area (Å²) in [5.74, 6) is -1.16. The van der Waals surface area contributed by atoms with Crippen LogP contribution >= 0.6 is 0 Å². The molecule has 0 aliphatic carbocycles. The van der Waals surface area contributed by atoms with Gasteiger partial charge in [-0.2, -0.15) is 0 Å². The maximum absolute atomic E-state index is 11.9. The zero-order valence-electron chi connectivity index (χ0n) is 10.7. The summed E-state index contributed by atoms with van der Waals surface area (Å²) in [6, 6.07) is 5.17. The Balaban J connectivity index is 2.74. The molecule has 6 nitrogen and oxygen atoms in total. The third-order valence-corrected chi connectivity index (χ3v) is 2.74. The number of rotatable bonds is 3. The largest absolute Gasteiger partial charge is 0.464 e. The van der Waals surface area contributed by atoms with Gasteiger partial charge in [-0.25, -0.2) is 9.59 Å². The van der Waals surface area contributed by atoms with E-state index < -0.39 is 11.9 Å². The molecule has 0 spiro atoms. The van der Waals surface area contributed by atoms with E-state index in [0.717, 1.165) is 0 Å². The Bertz CT molecular complexity index is 645. The fourth-order valence-corrected chi connectivity index (χ4v) is 1.95. The van der Waals surface area contributed by atoms with Crippen LogP contribution < -0.4 is 5.73 Å². The van der Waals surface area contributed by atoms with Gasteiger partial charge in [0.1, 0.15) is 5.56 Å². The number of hydrogen-bond acceptors (Lipinski definition) is 5. The molecule has 2 aromatic rings. The number of methoxy groups -OCH3 is 1. The van der Waals surface area contributed by atoms with Gasteiger partial charge >= 0.3 is 11.9 Å². The topological polar surface area (TPSA) is 83.0 Å². The molecule has 0 aliphatic heterocycles. The van der Waals surface area contributed by atoms with Gasteiger partial charge in [0.2, 0.25) is 0 Å². The molecule has 0 atom stereocenters. The van der Waals surface area contributed by atoms with Crippen molar-refractivity contribution < 1.29 is 19.1 Å². The second-order valence-electron chi connectivity index (χ2n) is 3.81. The lowest BCUT2D eigenvalue weighted by Gasteiger charge is -2.01.